The summed E-state index contributed by atoms with van der Waals surface area (Å²) in [5.74, 6) is -0.933. The number of aromatic nitrogens is 1. The van der Waals surface area contributed by atoms with Crippen LogP contribution in [-0.4, -0.2) is 28.1 Å². The fourth-order valence-corrected chi connectivity index (χ4v) is 3.99. The number of carbonyl (C=O) groups is 1. The van der Waals surface area contributed by atoms with Crippen LogP contribution in [0, 0.1) is 5.82 Å². The molecule has 2 aromatic rings. The summed E-state index contributed by atoms with van der Waals surface area (Å²) in [5, 5.41) is -0.850. The van der Waals surface area contributed by atoms with Gasteiger partial charge in [-0.25, -0.2) is 4.39 Å². The molecule has 1 aromatic heterocycles. The van der Waals surface area contributed by atoms with Gasteiger partial charge in [0.1, 0.15) is 11.2 Å². The summed E-state index contributed by atoms with van der Waals surface area (Å²) in [6, 6.07) is 5.97. The number of thioether (sulfide) groups is 1. The van der Waals surface area contributed by atoms with Gasteiger partial charge in [0.25, 0.3) is 0 Å². The molecule has 0 bridgehead atoms. The fourth-order valence-electron chi connectivity index (χ4n) is 2.75. The van der Waals surface area contributed by atoms with Crippen LogP contribution in [0.1, 0.15) is 22.1 Å². The molecule has 8 heteroatoms. The standard InChI is InChI=1S/C17H14F4N2OS/c18-12-3-4-14(17(19,20)21)13(8-12)16-23(15(24)10-25-16)7-5-11-2-1-6-22-9-11/h1-4,6,8-9,16H,5,7,10H2. The van der Waals surface area contributed by atoms with Crippen molar-refractivity contribution in [3.8, 4) is 0 Å². The van der Waals surface area contributed by atoms with Crippen LogP contribution in [0.15, 0.2) is 42.7 Å². The molecule has 1 fully saturated rings. The summed E-state index contributed by atoms with van der Waals surface area (Å²) < 4.78 is 53.4. The Labute approximate surface area is 146 Å². The third-order valence-corrected chi connectivity index (χ3v) is 5.16. The lowest BCUT2D eigenvalue weighted by Gasteiger charge is -2.26. The normalized spacial score (nSPS) is 18.0. The predicted octanol–water partition coefficient (Wildman–Crippen LogP) is 4.06. The lowest BCUT2D eigenvalue weighted by Crippen LogP contribution is -2.31. The number of hydrogen-bond acceptors (Lipinski definition) is 3. The van der Waals surface area contributed by atoms with Crippen LogP contribution in [0.5, 0.6) is 0 Å². The molecule has 0 spiro atoms. The van der Waals surface area contributed by atoms with Gasteiger partial charge in [-0.05, 0) is 41.8 Å². The summed E-state index contributed by atoms with van der Waals surface area (Å²) in [5.41, 5.74) is -0.247. The zero-order valence-electron chi connectivity index (χ0n) is 13.0. The minimum absolute atomic E-state index is 0.0749. The zero-order chi connectivity index (χ0) is 18.0. The molecule has 0 N–H and O–H groups in total. The summed E-state index contributed by atoms with van der Waals surface area (Å²) in [6.07, 6.45) is -0.880. The van der Waals surface area contributed by atoms with Crippen molar-refractivity contribution in [1.82, 2.24) is 9.88 Å². The summed E-state index contributed by atoms with van der Waals surface area (Å²) in [6.45, 7) is 0.246. The highest BCUT2D eigenvalue weighted by molar-refractivity contribution is 8.00. The van der Waals surface area contributed by atoms with Crippen LogP contribution in [0.25, 0.3) is 0 Å². The van der Waals surface area contributed by atoms with Crippen molar-refractivity contribution < 1.29 is 22.4 Å². The van der Waals surface area contributed by atoms with E-state index in [4.69, 9.17) is 0 Å². The van der Waals surface area contributed by atoms with Crippen LogP contribution >= 0.6 is 11.8 Å². The molecule has 3 nitrogen and oxygen atoms in total. The number of nitrogens with zero attached hydrogens (tertiary/aromatic N) is 2. The highest BCUT2D eigenvalue weighted by Gasteiger charge is 2.40. The van der Waals surface area contributed by atoms with Crippen LogP contribution in [0.3, 0.4) is 0 Å². The molecule has 0 aliphatic carbocycles. The monoisotopic (exact) mass is 370 g/mol. The van der Waals surface area contributed by atoms with Gasteiger partial charge in [0, 0.05) is 18.9 Å². The van der Waals surface area contributed by atoms with Gasteiger partial charge in [0.2, 0.25) is 5.91 Å². The molecule has 1 unspecified atom stereocenters. The van der Waals surface area contributed by atoms with Gasteiger partial charge in [-0.15, -0.1) is 11.8 Å². The first kappa shape index (κ1) is 17.7. The van der Waals surface area contributed by atoms with E-state index in [0.29, 0.717) is 6.42 Å². The predicted molar refractivity (Wildman–Crippen MR) is 86.3 cm³/mol. The van der Waals surface area contributed by atoms with E-state index < -0.39 is 22.9 Å². The summed E-state index contributed by atoms with van der Waals surface area (Å²) in [7, 11) is 0. The largest absolute Gasteiger partial charge is 0.416 e. The maximum Gasteiger partial charge on any atom is 0.416 e. The zero-order valence-corrected chi connectivity index (χ0v) is 13.8. The molecular formula is C17H14F4N2OS. The number of hydrogen-bond donors (Lipinski definition) is 0. The van der Waals surface area contributed by atoms with Gasteiger partial charge in [0.05, 0.1) is 11.3 Å². The molecule has 1 amide bonds. The number of carbonyl (C=O) groups excluding carboxylic acids is 1. The number of alkyl halides is 3. The van der Waals surface area contributed by atoms with Crippen LogP contribution in [0.4, 0.5) is 17.6 Å². The smallest absolute Gasteiger partial charge is 0.325 e. The van der Waals surface area contributed by atoms with Gasteiger partial charge in [0.15, 0.2) is 0 Å². The Morgan fingerprint density at radius 3 is 2.76 bits per heavy atom. The lowest BCUT2D eigenvalue weighted by molar-refractivity contribution is -0.139. The van der Waals surface area contributed by atoms with E-state index in [1.807, 2.05) is 6.07 Å². The van der Waals surface area contributed by atoms with Crippen molar-refractivity contribution in [2.75, 3.05) is 12.3 Å². The average molecular weight is 370 g/mol. The quantitative estimate of drug-likeness (QED) is 0.761. The van der Waals surface area contributed by atoms with Crippen molar-refractivity contribution in [1.29, 1.82) is 0 Å². The van der Waals surface area contributed by atoms with E-state index in [1.54, 1.807) is 18.5 Å². The molecule has 25 heavy (non-hydrogen) atoms. The first-order valence-corrected chi connectivity index (χ1v) is 8.58. The minimum atomic E-state index is -4.61. The van der Waals surface area contributed by atoms with Crippen molar-refractivity contribution in [3.05, 3.63) is 65.2 Å². The molecule has 0 saturated carbocycles. The molecule has 1 atom stereocenters. The van der Waals surface area contributed by atoms with E-state index in [2.05, 4.69) is 4.98 Å². The highest BCUT2D eigenvalue weighted by atomic mass is 32.2. The molecule has 1 saturated heterocycles. The second-order valence-corrected chi connectivity index (χ2v) is 6.66. The Balaban J connectivity index is 1.88. The molecule has 0 radical (unpaired) electrons. The van der Waals surface area contributed by atoms with Crippen LogP contribution < -0.4 is 0 Å². The molecular weight excluding hydrogens is 356 g/mol. The number of rotatable bonds is 4. The SMILES string of the molecule is O=C1CSC(c2cc(F)ccc2C(F)(F)F)N1CCc1cccnc1. The third-order valence-electron chi connectivity index (χ3n) is 3.92. The van der Waals surface area contributed by atoms with Gasteiger partial charge in [-0.2, -0.15) is 13.2 Å². The summed E-state index contributed by atoms with van der Waals surface area (Å²) in [4.78, 5) is 17.5. The van der Waals surface area contributed by atoms with E-state index in [0.717, 1.165) is 35.5 Å². The maximum atomic E-state index is 13.6. The van der Waals surface area contributed by atoms with Gasteiger partial charge in [-0.1, -0.05) is 6.07 Å². The molecule has 1 aromatic carbocycles. The maximum absolute atomic E-state index is 13.6. The van der Waals surface area contributed by atoms with Crippen LogP contribution in [0.2, 0.25) is 0 Å². The summed E-state index contributed by atoms with van der Waals surface area (Å²) >= 11 is 1.08. The highest BCUT2D eigenvalue weighted by Crippen LogP contribution is 2.44. The van der Waals surface area contributed by atoms with Gasteiger partial charge >= 0.3 is 6.18 Å². The van der Waals surface area contributed by atoms with Gasteiger partial charge in [-0.3, -0.25) is 9.78 Å². The third kappa shape index (κ3) is 3.95. The van der Waals surface area contributed by atoms with E-state index in [9.17, 15) is 22.4 Å². The van der Waals surface area contributed by atoms with E-state index in [1.165, 1.54) is 4.90 Å². The van der Waals surface area contributed by atoms with Crippen LogP contribution in [-0.2, 0) is 17.4 Å². The molecule has 132 valence electrons. The Morgan fingerprint density at radius 1 is 1.28 bits per heavy atom. The van der Waals surface area contributed by atoms with E-state index >= 15 is 0 Å². The molecule has 1 aliphatic rings. The van der Waals surface area contributed by atoms with E-state index in [-0.39, 0.29) is 23.8 Å². The topological polar surface area (TPSA) is 33.2 Å². The van der Waals surface area contributed by atoms with Crippen molar-refractivity contribution in [3.63, 3.8) is 0 Å². The fraction of sp³-hybridized carbons (Fsp3) is 0.294. The second-order valence-electron chi connectivity index (χ2n) is 5.59. The first-order chi connectivity index (χ1) is 11.9. The van der Waals surface area contributed by atoms with Crippen molar-refractivity contribution >= 4 is 17.7 Å². The number of pyridine rings is 1. The lowest BCUT2D eigenvalue weighted by atomic mass is 10.1. The number of amides is 1. The minimum Gasteiger partial charge on any atom is -0.325 e. The van der Waals surface area contributed by atoms with Crippen molar-refractivity contribution in [2.45, 2.75) is 18.0 Å². The Morgan fingerprint density at radius 2 is 2.08 bits per heavy atom. The Hall–Kier alpha value is -2.09. The second kappa shape index (κ2) is 7.03. The first-order valence-electron chi connectivity index (χ1n) is 7.53. The molecule has 1 aliphatic heterocycles. The van der Waals surface area contributed by atoms with Gasteiger partial charge < -0.3 is 4.90 Å². The Bertz CT molecular complexity index is 767. The number of halogens is 4. The number of benzene rings is 1. The average Bonchev–Trinajstić information content (AvgIpc) is 2.93. The molecule has 2 heterocycles. The van der Waals surface area contributed by atoms with Crippen molar-refractivity contribution in [2.24, 2.45) is 0 Å². The Kier molecular flexibility index (Phi) is 4.99. The molecule has 3 rings (SSSR count).